The lowest BCUT2D eigenvalue weighted by atomic mass is 9.78. The Hall–Kier alpha value is -3.48. The van der Waals surface area contributed by atoms with Crippen molar-refractivity contribution in [2.75, 3.05) is 10.0 Å². The number of nitrogens with one attached hydrogen (secondary N) is 2. The summed E-state index contributed by atoms with van der Waals surface area (Å²) in [5, 5.41) is 3.24. The van der Waals surface area contributed by atoms with Crippen molar-refractivity contribution in [2.24, 2.45) is 0 Å². The van der Waals surface area contributed by atoms with Crippen LogP contribution in [0.25, 0.3) is 10.1 Å². The molecule has 3 aromatic carbocycles. The Kier molecular flexibility index (Phi) is 9.48. The summed E-state index contributed by atoms with van der Waals surface area (Å²) in [4.78, 5) is 13.6. The number of carbonyl (C=O) groups excluding carboxylic acids is 1. The third-order valence-corrected chi connectivity index (χ3v) is 9.80. The molecule has 0 spiro atoms. The summed E-state index contributed by atoms with van der Waals surface area (Å²) in [5.74, 6) is -0.612. The van der Waals surface area contributed by atoms with E-state index in [1.807, 2.05) is 13.8 Å². The van der Waals surface area contributed by atoms with Gasteiger partial charge < -0.3 is 14.8 Å². The molecule has 0 bridgehead atoms. The van der Waals surface area contributed by atoms with Crippen molar-refractivity contribution in [2.45, 2.75) is 64.7 Å². The Morgan fingerprint density at radius 3 is 2.18 bits per heavy atom. The average molecular weight is 669 g/mol. The van der Waals surface area contributed by atoms with Gasteiger partial charge in [-0.2, -0.15) is 0 Å². The van der Waals surface area contributed by atoms with Crippen molar-refractivity contribution in [3.05, 3.63) is 81.7 Å². The lowest BCUT2D eigenvalue weighted by Gasteiger charge is -2.28. The molecule has 0 aliphatic carbocycles. The van der Waals surface area contributed by atoms with Crippen molar-refractivity contribution in [1.82, 2.24) is 0 Å². The Morgan fingerprint density at radius 1 is 0.886 bits per heavy atom. The number of thiophene rings is 1. The summed E-state index contributed by atoms with van der Waals surface area (Å²) in [7, 11) is -3.53. The minimum atomic E-state index is -4.89. The van der Waals surface area contributed by atoms with Gasteiger partial charge in [0.05, 0.1) is 16.2 Å². The Bertz CT molecular complexity index is 1800. The minimum Gasteiger partial charge on any atom is -0.491 e. The first-order chi connectivity index (χ1) is 20.3. The molecule has 0 radical (unpaired) electrons. The van der Waals surface area contributed by atoms with Gasteiger partial charge in [0.25, 0.3) is 5.91 Å². The molecule has 1 aromatic heterocycles. The van der Waals surface area contributed by atoms with E-state index in [-0.39, 0.29) is 11.9 Å². The molecule has 0 fully saturated rings. The van der Waals surface area contributed by atoms with Crippen LogP contribution in [0.15, 0.2) is 60.7 Å². The van der Waals surface area contributed by atoms with Crippen LogP contribution in [0.3, 0.4) is 0 Å². The molecule has 1 heterocycles. The number of amides is 1. The molecule has 0 unspecified atom stereocenters. The fraction of sp³-hybridized carbons (Fsp3) is 0.323. The third-order valence-electron chi connectivity index (χ3n) is 6.71. The van der Waals surface area contributed by atoms with Crippen LogP contribution in [0.1, 0.15) is 62.3 Å². The standard InChI is InChI=1S/C31H32ClF3N2O5S2/c1-17(2)41-25-13-21(14-26(16-25)42-31(33,34)35)30(5,6)20-11-22(32)15-24(12-20)36-29(38)28-10-19-9-23(7-8-27(19)43-28)37-44(39,40)18(3)4/h7-18,37H,1-6H3,(H,36,38). The SMILES string of the molecule is CC(C)Oc1cc(OC(F)(F)F)cc(C(C)(C)c2cc(Cl)cc(NC(=O)c3cc4cc(NS(=O)(=O)C(C)C)ccc4s3)c2)c1. The summed E-state index contributed by atoms with van der Waals surface area (Å²) in [6, 6.07) is 15.8. The lowest BCUT2D eigenvalue weighted by Crippen LogP contribution is -2.22. The van der Waals surface area contributed by atoms with Gasteiger partial charge >= 0.3 is 6.36 Å². The minimum absolute atomic E-state index is 0.213. The molecule has 0 atom stereocenters. The molecule has 4 rings (SSSR count). The average Bonchev–Trinajstić information content (AvgIpc) is 3.30. The highest BCUT2D eigenvalue weighted by Gasteiger charge is 2.33. The van der Waals surface area contributed by atoms with Crippen LogP contribution >= 0.6 is 22.9 Å². The maximum Gasteiger partial charge on any atom is 0.573 e. The first-order valence-electron chi connectivity index (χ1n) is 13.6. The molecule has 0 aliphatic heterocycles. The molecule has 7 nitrogen and oxygen atoms in total. The van der Waals surface area contributed by atoms with Crippen molar-refractivity contribution in [1.29, 1.82) is 0 Å². The number of hydrogen-bond acceptors (Lipinski definition) is 6. The van der Waals surface area contributed by atoms with Gasteiger partial charge in [0.2, 0.25) is 10.0 Å². The zero-order valence-electron chi connectivity index (χ0n) is 24.8. The van der Waals surface area contributed by atoms with Gasteiger partial charge in [0.15, 0.2) is 0 Å². The van der Waals surface area contributed by atoms with Gasteiger partial charge in [-0.3, -0.25) is 9.52 Å². The van der Waals surface area contributed by atoms with Crippen LogP contribution < -0.4 is 19.5 Å². The zero-order chi connectivity index (χ0) is 32.6. The molecule has 0 aliphatic rings. The van der Waals surface area contributed by atoms with Crippen LogP contribution in [0, 0.1) is 0 Å². The summed E-state index contributed by atoms with van der Waals surface area (Å²) < 4.78 is 77.0. The molecule has 1 amide bonds. The monoisotopic (exact) mass is 668 g/mol. The number of benzene rings is 3. The van der Waals surface area contributed by atoms with Gasteiger partial charge in [-0.15, -0.1) is 24.5 Å². The normalized spacial score (nSPS) is 12.5. The Morgan fingerprint density at radius 2 is 1.55 bits per heavy atom. The number of hydrogen-bond donors (Lipinski definition) is 2. The number of carbonyl (C=O) groups is 1. The second-order valence-electron chi connectivity index (χ2n) is 11.3. The fourth-order valence-electron chi connectivity index (χ4n) is 4.35. The van der Waals surface area contributed by atoms with Crippen LogP contribution in [0.4, 0.5) is 24.5 Å². The van der Waals surface area contributed by atoms with Gasteiger partial charge in [-0.25, -0.2) is 8.42 Å². The van der Waals surface area contributed by atoms with E-state index < -0.39 is 38.7 Å². The molecule has 0 saturated heterocycles. The van der Waals surface area contributed by atoms with Crippen molar-refractivity contribution >= 4 is 60.3 Å². The number of ether oxygens (including phenoxy) is 2. The number of anilines is 2. The lowest BCUT2D eigenvalue weighted by molar-refractivity contribution is -0.274. The molecule has 44 heavy (non-hydrogen) atoms. The summed E-state index contributed by atoms with van der Waals surface area (Å²) in [5.41, 5.74) is 0.988. The van der Waals surface area contributed by atoms with E-state index in [4.69, 9.17) is 16.3 Å². The van der Waals surface area contributed by atoms with Crippen molar-refractivity contribution < 1.29 is 35.9 Å². The van der Waals surface area contributed by atoms with Crippen molar-refractivity contribution in [3.63, 3.8) is 0 Å². The molecular formula is C31H32ClF3N2O5S2. The maximum absolute atomic E-state index is 13.3. The highest BCUT2D eigenvalue weighted by Crippen LogP contribution is 2.40. The van der Waals surface area contributed by atoms with E-state index in [1.165, 1.54) is 23.5 Å². The van der Waals surface area contributed by atoms with E-state index in [1.54, 1.807) is 76.2 Å². The van der Waals surface area contributed by atoms with E-state index in [0.717, 1.165) is 4.70 Å². The first-order valence-corrected chi connectivity index (χ1v) is 16.3. The quantitative estimate of drug-likeness (QED) is 0.176. The van der Waals surface area contributed by atoms with Crippen molar-refractivity contribution in [3.8, 4) is 11.5 Å². The van der Waals surface area contributed by atoms with Crippen LogP contribution in [-0.4, -0.2) is 32.0 Å². The molecule has 13 heteroatoms. The Balaban J connectivity index is 1.63. The summed E-state index contributed by atoms with van der Waals surface area (Å²) >= 11 is 7.68. The fourth-order valence-corrected chi connectivity index (χ4v) is 6.21. The smallest absolute Gasteiger partial charge is 0.491 e. The topological polar surface area (TPSA) is 93.7 Å². The van der Waals surface area contributed by atoms with Crippen LogP contribution in [0.5, 0.6) is 11.5 Å². The molecule has 0 saturated carbocycles. The number of halogens is 4. The van der Waals surface area contributed by atoms with E-state index in [0.29, 0.717) is 37.8 Å². The summed E-state index contributed by atoms with van der Waals surface area (Å²) in [6.07, 6.45) is -5.17. The molecule has 4 aromatic rings. The largest absolute Gasteiger partial charge is 0.573 e. The van der Waals surface area contributed by atoms with Gasteiger partial charge in [0, 0.05) is 32.6 Å². The van der Waals surface area contributed by atoms with E-state index in [2.05, 4.69) is 14.8 Å². The summed E-state index contributed by atoms with van der Waals surface area (Å²) in [6.45, 7) is 10.3. The maximum atomic E-state index is 13.3. The predicted octanol–water partition coefficient (Wildman–Crippen LogP) is 8.97. The second-order valence-corrected chi connectivity index (χ2v) is 15.0. The molecule has 236 valence electrons. The van der Waals surface area contributed by atoms with E-state index >= 15 is 0 Å². The van der Waals surface area contributed by atoms with Crippen LogP contribution in [0.2, 0.25) is 5.02 Å². The molecule has 2 N–H and O–H groups in total. The van der Waals surface area contributed by atoms with Gasteiger partial charge in [-0.1, -0.05) is 25.4 Å². The first kappa shape index (κ1) is 33.4. The van der Waals surface area contributed by atoms with Gasteiger partial charge in [-0.05, 0) is 98.8 Å². The highest BCUT2D eigenvalue weighted by molar-refractivity contribution is 7.93. The third kappa shape index (κ3) is 8.16. The number of fused-ring (bicyclic) bond motifs is 1. The predicted molar refractivity (Wildman–Crippen MR) is 170 cm³/mol. The molecular weight excluding hydrogens is 637 g/mol. The van der Waals surface area contributed by atoms with Gasteiger partial charge in [0.1, 0.15) is 11.5 Å². The number of alkyl halides is 3. The van der Waals surface area contributed by atoms with Crippen LogP contribution in [-0.2, 0) is 15.4 Å². The Labute approximate surface area is 263 Å². The number of rotatable bonds is 10. The highest BCUT2D eigenvalue weighted by atomic mass is 35.5. The second kappa shape index (κ2) is 12.5. The van der Waals surface area contributed by atoms with E-state index in [9.17, 15) is 26.4 Å². The zero-order valence-corrected chi connectivity index (χ0v) is 27.2. The number of sulfonamides is 1.